The van der Waals surface area contributed by atoms with Gasteiger partial charge in [0, 0.05) is 6.08 Å². The summed E-state index contributed by atoms with van der Waals surface area (Å²) in [5.74, 6) is -0.487. The highest BCUT2D eigenvalue weighted by Gasteiger charge is 2.33. The molecule has 6 heteroatoms. The van der Waals surface area contributed by atoms with E-state index in [1.807, 2.05) is 30.3 Å². The number of carbonyl (C=O) groups excluding carboxylic acids is 1. The summed E-state index contributed by atoms with van der Waals surface area (Å²) < 4.78 is 43.6. The van der Waals surface area contributed by atoms with Crippen molar-refractivity contribution in [3.8, 4) is 0 Å². The number of alkyl halides is 3. The first-order chi connectivity index (χ1) is 12.2. The lowest BCUT2D eigenvalue weighted by atomic mass is 10.1. The number of halogens is 3. The molecular formula is C20H21F3O2Si. The third kappa shape index (κ3) is 4.63. The van der Waals surface area contributed by atoms with Crippen LogP contribution < -0.4 is 5.19 Å². The van der Waals surface area contributed by atoms with Crippen LogP contribution in [0.1, 0.15) is 18.1 Å². The van der Waals surface area contributed by atoms with Crippen LogP contribution in [-0.2, 0) is 15.7 Å². The molecule has 2 rings (SSSR count). The van der Waals surface area contributed by atoms with E-state index >= 15 is 0 Å². The molecule has 2 nitrogen and oxygen atoms in total. The van der Waals surface area contributed by atoms with Crippen molar-refractivity contribution < 1.29 is 22.7 Å². The molecule has 0 spiro atoms. The number of ether oxygens (including phenoxy) is 1. The Morgan fingerprint density at radius 1 is 1.04 bits per heavy atom. The van der Waals surface area contributed by atoms with Crippen LogP contribution in [0.2, 0.25) is 13.1 Å². The first-order valence-electron chi connectivity index (χ1n) is 8.28. The highest BCUT2D eigenvalue weighted by molar-refractivity contribution is 7.04. The molecule has 2 aromatic carbocycles. The monoisotopic (exact) mass is 378 g/mol. The molecule has 0 amide bonds. The van der Waals surface area contributed by atoms with Gasteiger partial charge in [-0.25, -0.2) is 4.79 Å². The SMILES string of the molecule is CCOC(=O)/C=C(\c1ccc(C(F)(F)F)cc1)[Si](C)(C)c1ccccc1. The van der Waals surface area contributed by atoms with Crippen molar-refractivity contribution in [1.29, 1.82) is 0 Å². The summed E-state index contributed by atoms with van der Waals surface area (Å²) in [7, 11) is -2.33. The molecule has 2 aromatic rings. The third-order valence-electron chi connectivity index (χ3n) is 4.24. The molecule has 0 radical (unpaired) electrons. The Morgan fingerprint density at radius 2 is 1.62 bits per heavy atom. The molecule has 0 aromatic heterocycles. The number of hydrogen-bond acceptors (Lipinski definition) is 2. The van der Waals surface area contributed by atoms with Crippen molar-refractivity contribution in [2.24, 2.45) is 0 Å². The highest BCUT2D eigenvalue weighted by atomic mass is 28.3. The van der Waals surface area contributed by atoms with Gasteiger partial charge in [-0.15, -0.1) is 0 Å². The molecule has 0 unspecified atom stereocenters. The van der Waals surface area contributed by atoms with E-state index in [-0.39, 0.29) is 6.61 Å². The fourth-order valence-electron chi connectivity index (χ4n) is 2.78. The molecule has 0 bridgehead atoms. The number of rotatable bonds is 5. The van der Waals surface area contributed by atoms with Crippen LogP contribution in [0, 0.1) is 0 Å². The third-order valence-corrected chi connectivity index (χ3v) is 7.80. The van der Waals surface area contributed by atoms with Crippen LogP contribution >= 0.6 is 0 Å². The predicted octanol–water partition coefficient (Wildman–Crippen LogP) is 4.81. The van der Waals surface area contributed by atoms with E-state index in [0.717, 1.165) is 22.5 Å². The number of hydrogen-bond donors (Lipinski definition) is 0. The van der Waals surface area contributed by atoms with E-state index < -0.39 is 25.8 Å². The molecule has 0 N–H and O–H groups in total. The number of esters is 1. The maximum Gasteiger partial charge on any atom is 0.416 e. The number of carbonyl (C=O) groups is 1. The lowest BCUT2D eigenvalue weighted by Gasteiger charge is -2.27. The second kappa shape index (κ2) is 7.91. The standard InChI is InChI=1S/C20H21F3O2Si/c1-4-25-19(24)14-18(26(2,3)17-8-6-5-7-9-17)15-10-12-16(13-11-15)20(21,22)23/h5-14H,4H2,1-3H3/b18-14+. The normalized spacial score (nSPS) is 12.8. The Hall–Kier alpha value is -2.34. The van der Waals surface area contributed by atoms with Gasteiger partial charge in [-0.3, -0.25) is 0 Å². The van der Waals surface area contributed by atoms with E-state index in [1.54, 1.807) is 6.92 Å². The molecule has 26 heavy (non-hydrogen) atoms. The first kappa shape index (κ1) is 20.0. The lowest BCUT2D eigenvalue weighted by Crippen LogP contribution is -2.43. The summed E-state index contributed by atoms with van der Waals surface area (Å²) in [6.07, 6.45) is -2.97. The van der Waals surface area contributed by atoms with Crippen molar-refractivity contribution in [3.05, 3.63) is 71.8 Å². The Balaban J connectivity index is 2.53. The number of benzene rings is 2. The van der Waals surface area contributed by atoms with Gasteiger partial charge in [-0.1, -0.05) is 60.7 Å². The van der Waals surface area contributed by atoms with Crippen LogP contribution in [-0.4, -0.2) is 20.7 Å². The highest BCUT2D eigenvalue weighted by Crippen LogP contribution is 2.32. The molecular weight excluding hydrogens is 357 g/mol. The van der Waals surface area contributed by atoms with Gasteiger partial charge < -0.3 is 4.74 Å². The smallest absolute Gasteiger partial charge is 0.416 e. The predicted molar refractivity (Wildman–Crippen MR) is 99.6 cm³/mol. The van der Waals surface area contributed by atoms with E-state index in [4.69, 9.17) is 4.74 Å². The minimum Gasteiger partial charge on any atom is -0.463 e. The van der Waals surface area contributed by atoms with E-state index in [9.17, 15) is 18.0 Å². The van der Waals surface area contributed by atoms with Crippen molar-refractivity contribution in [3.63, 3.8) is 0 Å². The van der Waals surface area contributed by atoms with E-state index in [2.05, 4.69) is 13.1 Å². The molecule has 0 saturated heterocycles. The molecule has 0 aliphatic rings. The zero-order valence-electron chi connectivity index (χ0n) is 14.9. The Labute approximate surface area is 152 Å². The van der Waals surface area contributed by atoms with Crippen molar-refractivity contribution >= 4 is 24.4 Å². The fraction of sp³-hybridized carbons (Fsp3) is 0.250. The zero-order chi connectivity index (χ0) is 19.4. The van der Waals surface area contributed by atoms with Gasteiger partial charge in [-0.05, 0) is 29.8 Å². The molecule has 0 aliphatic heterocycles. The minimum atomic E-state index is -4.39. The summed E-state index contributed by atoms with van der Waals surface area (Å²) in [6.45, 7) is 6.07. The topological polar surface area (TPSA) is 26.3 Å². The van der Waals surface area contributed by atoms with Crippen molar-refractivity contribution in [2.45, 2.75) is 26.2 Å². The quantitative estimate of drug-likeness (QED) is 0.424. The van der Waals surface area contributed by atoms with Crippen LogP contribution in [0.5, 0.6) is 0 Å². The molecule has 0 saturated carbocycles. The van der Waals surface area contributed by atoms with Crippen LogP contribution in [0.3, 0.4) is 0 Å². The van der Waals surface area contributed by atoms with E-state index in [0.29, 0.717) is 5.56 Å². The summed E-state index contributed by atoms with van der Waals surface area (Å²) in [6, 6.07) is 14.6. The minimum absolute atomic E-state index is 0.239. The fourth-order valence-corrected chi connectivity index (χ4v) is 5.48. The van der Waals surface area contributed by atoms with Gasteiger partial charge in [0.05, 0.1) is 12.2 Å². The maximum absolute atomic E-state index is 12.9. The lowest BCUT2D eigenvalue weighted by molar-refractivity contribution is -0.138. The average Bonchev–Trinajstić information content (AvgIpc) is 2.60. The second-order valence-corrected chi connectivity index (χ2v) is 10.7. The summed E-state index contributed by atoms with van der Waals surface area (Å²) >= 11 is 0. The van der Waals surface area contributed by atoms with Gasteiger partial charge in [0.15, 0.2) is 0 Å². The molecule has 0 atom stereocenters. The average molecular weight is 378 g/mol. The van der Waals surface area contributed by atoms with E-state index in [1.165, 1.54) is 18.2 Å². The summed E-state index contributed by atoms with van der Waals surface area (Å²) in [4.78, 5) is 12.1. The molecule has 0 fully saturated rings. The maximum atomic E-state index is 12.9. The van der Waals surface area contributed by atoms with Crippen molar-refractivity contribution in [1.82, 2.24) is 0 Å². The van der Waals surface area contributed by atoms with Gasteiger partial charge in [0.1, 0.15) is 8.07 Å². The molecule has 0 heterocycles. The van der Waals surface area contributed by atoms with Crippen LogP contribution in [0.4, 0.5) is 13.2 Å². The van der Waals surface area contributed by atoms with Crippen LogP contribution in [0.15, 0.2) is 60.7 Å². The van der Waals surface area contributed by atoms with Gasteiger partial charge >= 0.3 is 12.1 Å². The molecule has 0 aliphatic carbocycles. The Morgan fingerprint density at radius 3 is 2.12 bits per heavy atom. The second-order valence-electron chi connectivity index (χ2n) is 6.38. The zero-order valence-corrected chi connectivity index (χ0v) is 15.9. The Bertz CT molecular complexity index is 779. The largest absolute Gasteiger partial charge is 0.463 e. The van der Waals surface area contributed by atoms with Gasteiger partial charge in [0.25, 0.3) is 0 Å². The molecule has 138 valence electrons. The van der Waals surface area contributed by atoms with Crippen molar-refractivity contribution in [2.75, 3.05) is 6.61 Å². The summed E-state index contributed by atoms with van der Waals surface area (Å²) in [5.41, 5.74) is -0.109. The summed E-state index contributed by atoms with van der Waals surface area (Å²) in [5, 5.41) is 1.81. The van der Waals surface area contributed by atoms with Gasteiger partial charge in [-0.2, -0.15) is 13.2 Å². The van der Waals surface area contributed by atoms with Crippen LogP contribution in [0.25, 0.3) is 5.20 Å². The van der Waals surface area contributed by atoms with Gasteiger partial charge in [0.2, 0.25) is 0 Å². The Kier molecular flexibility index (Phi) is 6.08. The first-order valence-corrected chi connectivity index (χ1v) is 11.3.